The predicted octanol–water partition coefficient (Wildman–Crippen LogP) is 4.17. The van der Waals surface area contributed by atoms with Crippen molar-refractivity contribution in [3.8, 4) is 0 Å². The van der Waals surface area contributed by atoms with Crippen LogP contribution in [0.25, 0.3) is 10.9 Å². The van der Waals surface area contributed by atoms with Crippen molar-refractivity contribution in [1.29, 1.82) is 0 Å². The number of aliphatic hydroxyl groups is 1. The Balaban J connectivity index is 1.69. The molecule has 0 radical (unpaired) electrons. The van der Waals surface area contributed by atoms with E-state index in [2.05, 4.69) is 49.3 Å². The van der Waals surface area contributed by atoms with E-state index in [1.54, 1.807) is 0 Å². The number of aliphatic hydroxyl groups excluding tert-OH is 1. The number of fused-ring (bicyclic) bond motifs is 1. The number of pyridine rings is 1. The molecule has 2 aromatic rings. The van der Waals surface area contributed by atoms with Crippen LogP contribution in [0.3, 0.4) is 0 Å². The third kappa shape index (κ3) is 5.15. The molecule has 0 amide bonds. The quantitative estimate of drug-likeness (QED) is 0.669. The van der Waals surface area contributed by atoms with Crippen molar-refractivity contribution in [3.63, 3.8) is 0 Å². The summed E-state index contributed by atoms with van der Waals surface area (Å²) >= 11 is 0. The van der Waals surface area contributed by atoms with Crippen LogP contribution in [-0.2, 0) is 0 Å². The van der Waals surface area contributed by atoms with Gasteiger partial charge in [-0.3, -0.25) is 0 Å². The van der Waals surface area contributed by atoms with Crippen molar-refractivity contribution in [2.45, 2.75) is 89.3 Å². The largest absolute Gasteiger partial charge is 0.393 e. The Morgan fingerprint density at radius 3 is 2.53 bits per heavy atom. The first-order valence-corrected chi connectivity index (χ1v) is 12.5. The zero-order valence-electron chi connectivity index (χ0n) is 20.2. The Morgan fingerprint density at radius 2 is 1.84 bits per heavy atom. The molecule has 1 aliphatic heterocycles. The van der Waals surface area contributed by atoms with Crippen LogP contribution in [0, 0.1) is 0 Å². The number of piperidine rings is 1. The molecule has 0 spiro atoms. The van der Waals surface area contributed by atoms with E-state index < -0.39 is 0 Å². The molecule has 4 rings (SSSR count). The van der Waals surface area contributed by atoms with E-state index in [0.717, 1.165) is 81.2 Å². The third-order valence-electron chi connectivity index (χ3n) is 7.43. The lowest BCUT2D eigenvalue weighted by Gasteiger charge is -2.36. The first-order valence-electron chi connectivity index (χ1n) is 12.5. The Morgan fingerprint density at radius 1 is 1.12 bits per heavy atom. The van der Waals surface area contributed by atoms with E-state index in [1.165, 1.54) is 5.56 Å². The van der Waals surface area contributed by atoms with Gasteiger partial charge in [0.25, 0.3) is 0 Å². The van der Waals surface area contributed by atoms with Gasteiger partial charge in [0.15, 0.2) is 0 Å². The number of anilines is 2. The molecule has 0 bridgehead atoms. The van der Waals surface area contributed by atoms with Gasteiger partial charge in [0.05, 0.1) is 17.0 Å². The van der Waals surface area contributed by atoms with Crippen LogP contribution in [-0.4, -0.2) is 70.3 Å². The Hall–Kier alpha value is -1.99. The number of likely N-dealkylation sites (tertiary alicyclic amines) is 1. The minimum absolute atomic E-state index is 0.165. The zero-order chi connectivity index (χ0) is 22.7. The summed E-state index contributed by atoms with van der Waals surface area (Å²) in [6.07, 6.45) is 12.1. The van der Waals surface area contributed by atoms with E-state index in [-0.39, 0.29) is 6.10 Å². The second kappa shape index (κ2) is 10.3. The normalized spacial score (nSPS) is 23.9. The first kappa shape index (κ1) is 23.2. The highest BCUT2D eigenvalue weighted by molar-refractivity contribution is 5.92. The molecule has 1 aliphatic carbocycles. The summed E-state index contributed by atoms with van der Waals surface area (Å²) in [5, 5.41) is 14.5. The first-order chi connectivity index (χ1) is 15.5. The molecule has 2 N–H and O–H groups in total. The predicted molar refractivity (Wildman–Crippen MR) is 131 cm³/mol. The number of hydrogen-bond donors (Lipinski definition) is 2. The average Bonchev–Trinajstić information content (AvgIpc) is 2.79. The summed E-state index contributed by atoms with van der Waals surface area (Å²) < 4.78 is 0. The molecule has 2 aliphatic rings. The Labute approximate surface area is 192 Å². The van der Waals surface area contributed by atoms with Crippen molar-refractivity contribution in [1.82, 2.24) is 19.9 Å². The fraction of sp³-hybridized carbons (Fsp3) is 0.720. The maximum atomic E-state index is 10.00. The van der Waals surface area contributed by atoms with Crippen LogP contribution >= 0.6 is 0 Å². The van der Waals surface area contributed by atoms with Crippen LogP contribution < -0.4 is 10.2 Å². The van der Waals surface area contributed by atoms with Crippen LogP contribution in [0.4, 0.5) is 11.8 Å². The monoisotopic (exact) mass is 440 g/mol. The molecule has 1 unspecified atom stereocenters. The van der Waals surface area contributed by atoms with Gasteiger partial charge in [-0.2, -0.15) is 0 Å². The summed E-state index contributed by atoms with van der Waals surface area (Å²) in [7, 11) is 4.37. The number of rotatable bonds is 7. The summed E-state index contributed by atoms with van der Waals surface area (Å²) in [5.41, 5.74) is 2.23. The lowest BCUT2D eigenvalue weighted by Crippen LogP contribution is -2.42. The second-order valence-corrected chi connectivity index (χ2v) is 9.98. The van der Waals surface area contributed by atoms with Gasteiger partial charge in [0, 0.05) is 37.1 Å². The molecule has 2 fully saturated rings. The van der Waals surface area contributed by atoms with Gasteiger partial charge in [-0.25, -0.2) is 15.0 Å². The van der Waals surface area contributed by atoms with Crippen LogP contribution in [0.15, 0.2) is 12.4 Å². The number of hydrogen-bond acceptors (Lipinski definition) is 7. The third-order valence-corrected chi connectivity index (χ3v) is 7.43. The van der Waals surface area contributed by atoms with Gasteiger partial charge in [-0.15, -0.1) is 0 Å². The number of nitrogens with one attached hydrogen (secondary N) is 1. The molecule has 2 aromatic heterocycles. The average molecular weight is 441 g/mol. The molecule has 1 atom stereocenters. The summed E-state index contributed by atoms with van der Waals surface area (Å²) in [5.74, 6) is 2.09. The van der Waals surface area contributed by atoms with Crippen LogP contribution in [0.5, 0.6) is 0 Å². The SMILES string of the molecule is CCCC(C)Nc1ncc2c(N(C)C3CCN(C)CC3)ncc(C3CCC(O)CC3)c2n1. The minimum Gasteiger partial charge on any atom is -0.393 e. The van der Waals surface area contributed by atoms with Gasteiger partial charge >= 0.3 is 0 Å². The van der Waals surface area contributed by atoms with Crippen LogP contribution in [0.2, 0.25) is 0 Å². The van der Waals surface area contributed by atoms with Crippen molar-refractivity contribution in [2.24, 2.45) is 0 Å². The summed E-state index contributed by atoms with van der Waals surface area (Å²) in [6, 6.07) is 0.828. The fourth-order valence-corrected chi connectivity index (χ4v) is 5.34. The molecular weight excluding hydrogens is 400 g/mol. The Kier molecular flexibility index (Phi) is 7.46. The molecule has 3 heterocycles. The van der Waals surface area contributed by atoms with Gasteiger partial charge in [0.1, 0.15) is 5.82 Å². The highest BCUT2D eigenvalue weighted by Gasteiger charge is 2.27. The highest BCUT2D eigenvalue weighted by atomic mass is 16.3. The molecule has 0 aromatic carbocycles. The molecule has 32 heavy (non-hydrogen) atoms. The lowest BCUT2D eigenvalue weighted by molar-refractivity contribution is 0.122. The van der Waals surface area contributed by atoms with Gasteiger partial charge in [-0.05, 0) is 77.9 Å². The van der Waals surface area contributed by atoms with E-state index >= 15 is 0 Å². The Bertz CT molecular complexity index is 889. The molecule has 1 saturated carbocycles. The topological polar surface area (TPSA) is 77.4 Å². The highest BCUT2D eigenvalue weighted by Crippen LogP contribution is 2.38. The van der Waals surface area contributed by atoms with Crippen molar-refractivity contribution in [3.05, 3.63) is 18.0 Å². The van der Waals surface area contributed by atoms with Crippen molar-refractivity contribution >= 4 is 22.7 Å². The minimum atomic E-state index is -0.165. The second-order valence-electron chi connectivity index (χ2n) is 9.98. The lowest BCUT2D eigenvalue weighted by atomic mass is 9.82. The fourth-order valence-electron chi connectivity index (χ4n) is 5.34. The van der Waals surface area contributed by atoms with Gasteiger partial charge < -0.3 is 20.2 Å². The van der Waals surface area contributed by atoms with Gasteiger partial charge in [-0.1, -0.05) is 13.3 Å². The van der Waals surface area contributed by atoms with E-state index in [0.29, 0.717) is 23.9 Å². The number of nitrogens with zero attached hydrogens (tertiary/aromatic N) is 5. The maximum absolute atomic E-state index is 10.00. The van der Waals surface area contributed by atoms with Crippen molar-refractivity contribution in [2.75, 3.05) is 37.4 Å². The summed E-state index contributed by atoms with van der Waals surface area (Å²) in [4.78, 5) is 19.4. The van der Waals surface area contributed by atoms with Crippen molar-refractivity contribution < 1.29 is 5.11 Å². The van der Waals surface area contributed by atoms with Gasteiger partial charge in [0.2, 0.25) is 5.95 Å². The maximum Gasteiger partial charge on any atom is 0.223 e. The van der Waals surface area contributed by atoms with E-state index in [4.69, 9.17) is 15.0 Å². The zero-order valence-corrected chi connectivity index (χ0v) is 20.2. The number of aromatic nitrogens is 3. The smallest absolute Gasteiger partial charge is 0.223 e. The molecule has 7 heteroatoms. The molecule has 1 saturated heterocycles. The van der Waals surface area contributed by atoms with E-state index in [1.807, 2.05) is 6.20 Å². The molecule has 7 nitrogen and oxygen atoms in total. The standard InChI is InChI=1S/C25H40N6O/c1-5-6-17(2)28-25-27-16-22-23(29-25)21(18-7-9-20(32)10-8-18)15-26-24(22)31(4)19-11-13-30(3)14-12-19/h15-20,32H,5-14H2,1-4H3,(H,27,28,29). The molecule has 176 valence electrons. The molecular formula is C25H40N6O. The summed E-state index contributed by atoms with van der Waals surface area (Å²) in [6.45, 7) is 6.63. The van der Waals surface area contributed by atoms with Crippen LogP contribution in [0.1, 0.15) is 76.7 Å². The van der Waals surface area contributed by atoms with E-state index in [9.17, 15) is 5.11 Å².